The van der Waals surface area contributed by atoms with E-state index in [-0.39, 0.29) is 19.0 Å². The lowest BCUT2D eigenvalue weighted by atomic mass is 10.0. The average molecular weight is 343 g/mol. The Morgan fingerprint density at radius 3 is 2.54 bits per heavy atom. The molecule has 1 saturated heterocycles. The van der Waals surface area contributed by atoms with Crippen molar-refractivity contribution in [2.45, 2.75) is 45.6 Å². The predicted octanol–water partition coefficient (Wildman–Crippen LogP) is 1.72. The summed E-state index contributed by atoms with van der Waals surface area (Å²) in [6.07, 6.45) is 0.689. The Bertz CT molecular complexity index is 665. The largest absolute Gasteiger partial charge is 0.480 e. The summed E-state index contributed by atoms with van der Waals surface area (Å²) in [6, 6.07) is 0.579. The zero-order chi connectivity index (χ0) is 18.1. The van der Waals surface area contributed by atoms with Gasteiger partial charge in [-0.15, -0.1) is 0 Å². The lowest BCUT2D eigenvalue weighted by molar-refractivity contribution is -0.142. The van der Waals surface area contributed by atoms with Crippen molar-refractivity contribution in [2.24, 2.45) is 5.92 Å². The molecule has 134 valence electrons. The van der Waals surface area contributed by atoms with Gasteiger partial charge >= 0.3 is 5.97 Å². The van der Waals surface area contributed by atoms with Gasteiger partial charge < -0.3 is 5.11 Å². The van der Waals surface area contributed by atoms with Gasteiger partial charge in [0.15, 0.2) is 6.04 Å². The van der Waals surface area contributed by atoms with Gasteiger partial charge in [-0.3, -0.25) is 9.69 Å². The van der Waals surface area contributed by atoms with Crippen LogP contribution in [-0.4, -0.2) is 51.3 Å². The number of alkyl halides is 2. The summed E-state index contributed by atoms with van der Waals surface area (Å²) in [5, 5.41) is 13.6. The molecule has 0 unspecified atom stereocenters. The predicted molar refractivity (Wildman–Crippen MR) is 84.5 cm³/mol. The summed E-state index contributed by atoms with van der Waals surface area (Å²) in [7, 11) is 0. The fourth-order valence-corrected chi connectivity index (χ4v) is 2.83. The number of hydrogen-bond donors (Lipinski definition) is 1. The third-order valence-electron chi connectivity index (χ3n) is 4.03. The minimum absolute atomic E-state index is 0.0899. The molecule has 2 rings (SSSR count). The standard InChI is InChI=1S/C16H23F2N3O3/c1-10(2)6-13(15(23)24)21-14(22)11(3)7-12(19-21)4-5-20-8-16(17,18)9-20/h7,10,13H,4-6,8-9H2,1-3H3,(H,23,24)/t13-/m0/s1. The van der Waals surface area contributed by atoms with Gasteiger partial charge in [0.1, 0.15) is 0 Å². The SMILES string of the molecule is Cc1cc(CCN2CC(F)(F)C2)nn([C@@H](CC(C)C)C(=O)O)c1=O. The average Bonchev–Trinajstić information content (AvgIpc) is 2.43. The highest BCUT2D eigenvalue weighted by atomic mass is 19.3. The van der Waals surface area contributed by atoms with Crippen molar-refractivity contribution in [1.29, 1.82) is 0 Å². The Morgan fingerprint density at radius 1 is 1.42 bits per heavy atom. The van der Waals surface area contributed by atoms with Crippen LogP contribution in [0.3, 0.4) is 0 Å². The Labute approximate surface area is 139 Å². The van der Waals surface area contributed by atoms with Crippen LogP contribution < -0.4 is 5.56 Å². The van der Waals surface area contributed by atoms with Crippen LogP contribution in [0.25, 0.3) is 0 Å². The molecular weight excluding hydrogens is 320 g/mol. The molecule has 0 spiro atoms. The van der Waals surface area contributed by atoms with Crippen LogP contribution in [0.5, 0.6) is 0 Å². The van der Waals surface area contributed by atoms with E-state index >= 15 is 0 Å². The van der Waals surface area contributed by atoms with Crippen LogP contribution in [0, 0.1) is 12.8 Å². The molecule has 0 radical (unpaired) electrons. The molecule has 8 heteroatoms. The Hall–Kier alpha value is -1.83. The Balaban J connectivity index is 2.18. The number of likely N-dealkylation sites (tertiary alicyclic amines) is 1. The van der Waals surface area contributed by atoms with Crippen molar-refractivity contribution in [3.8, 4) is 0 Å². The number of hydrogen-bond acceptors (Lipinski definition) is 4. The van der Waals surface area contributed by atoms with Gasteiger partial charge in [-0.1, -0.05) is 13.8 Å². The number of aryl methyl sites for hydroxylation is 1. The number of rotatable bonds is 7. The topological polar surface area (TPSA) is 75.4 Å². The molecule has 0 saturated carbocycles. The van der Waals surface area contributed by atoms with E-state index in [0.29, 0.717) is 30.6 Å². The summed E-state index contributed by atoms with van der Waals surface area (Å²) in [5.41, 5.74) is 0.517. The fourth-order valence-electron chi connectivity index (χ4n) is 2.83. The quantitative estimate of drug-likeness (QED) is 0.816. The molecule has 0 bridgehead atoms. The number of carbonyl (C=O) groups is 1. The van der Waals surface area contributed by atoms with Crippen molar-refractivity contribution in [3.63, 3.8) is 0 Å². The zero-order valence-electron chi connectivity index (χ0n) is 14.1. The van der Waals surface area contributed by atoms with E-state index in [2.05, 4.69) is 5.10 Å². The molecule has 1 aromatic heterocycles. The van der Waals surface area contributed by atoms with Crippen LogP contribution >= 0.6 is 0 Å². The molecule has 1 atom stereocenters. The number of aliphatic carboxylic acids is 1. The maximum absolute atomic E-state index is 12.8. The molecule has 6 nitrogen and oxygen atoms in total. The molecule has 0 aromatic carbocycles. The lowest BCUT2D eigenvalue weighted by Crippen LogP contribution is -2.56. The van der Waals surface area contributed by atoms with Gasteiger partial charge in [-0.2, -0.15) is 5.10 Å². The molecule has 1 aromatic rings. The van der Waals surface area contributed by atoms with E-state index < -0.39 is 23.5 Å². The summed E-state index contributed by atoms with van der Waals surface area (Å²) in [5.74, 6) is -3.63. The maximum Gasteiger partial charge on any atom is 0.328 e. The number of halogens is 2. The van der Waals surface area contributed by atoms with Crippen molar-refractivity contribution in [2.75, 3.05) is 19.6 Å². The first-order chi connectivity index (χ1) is 11.1. The number of aromatic nitrogens is 2. The summed E-state index contributed by atoms with van der Waals surface area (Å²) < 4.78 is 26.7. The normalized spacial score (nSPS) is 18.4. The van der Waals surface area contributed by atoms with E-state index in [9.17, 15) is 23.5 Å². The van der Waals surface area contributed by atoms with Crippen LogP contribution in [0.15, 0.2) is 10.9 Å². The molecule has 1 aliphatic rings. The summed E-state index contributed by atoms with van der Waals surface area (Å²) in [6.45, 7) is 5.23. The van der Waals surface area contributed by atoms with E-state index in [1.807, 2.05) is 13.8 Å². The number of carboxylic acids is 1. The van der Waals surface area contributed by atoms with Crippen LogP contribution in [-0.2, 0) is 11.2 Å². The maximum atomic E-state index is 12.8. The van der Waals surface area contributed by atoms with E-state index in [4.69, 9.17) is 0 Å². The van der Waals surface area contributed by atoms with Crippen molar-refractivity contribution >= 4 is 5.97 Å². The second-order valence-electron chi connectivity index (χ2n) is 6.87. The van der Waals surface area contributed by atoms with Gasteiger partial charge in [0, 0.05) is 18.5 Å². The molecule has 24 heavy (non-hydrogen) atoms. The first-order valence-corrected chi connectivity index (χ1v) is 8.01. The monoisotopic (exact) mass is 343 g/mol. The fraction of sp³-hybridized carbons (Fsp3) is 0.688. The zero-order valence-corrected chi connectivity index (χ0v) is 14.1. The third-order valence-corrected chi connectivity index (χ3v) is 4.03. The van der Waals surface area contributed by atoms with Crippen LogP contribution in [0.2, 0.25) is 0 Å². The molecular formula is C16H23F2N3O3. The smallest absolute Gasteiger partial charge is 0.328 e. The molecule has 1 fully saturated rings. The number of carboxylic acid groups (broad SMARTS) is 1. The molecule has 0 amide bonds. The summed E-state index contributed by atoms with van der Waals surface area (Å²) in [4.78, 5) is 25.4. The van der Waals surface area contributed by atoms with Gasteiger partial charge in [0.25, 0.3) is 11.5 Å². The minimum atomic E-state index is -2.62. The van der Waals surface area contributed by atoms with Crippen molar-refractivity contribution < 1.29 is 18.7 Å². The second-order valence-corrected chi connectivity index (χ2v) is 6.87. The first kappa shape index (κ1) is 18.5. The summed E-state index contributed by atoms with van der Waals surface area (Å²) >= 11 is 0. The lowest BCUT2D eigenvalue weighted by Gasteiger charge is -2.38. The van der Waals surface area contributed by atoms with E-state index in [1.165, 1.54) is 0 Å². The first-order valence-electron chi connectivity index (χ1n) is 8.01. The van der Waals surface area contributed by atoms with E-state index in [1.54, 1.807) is 17.9 Å². The van der Waals surface area contributed by atoms with Crippen LogP contribution in [0.1, 0.15) is 37.6 Å². The Kier molecular flexibility index (Phi) is 5.37. The van der Waals surface area contributed by atoms with E-state index in [0.717, 1.165) is 4.68 Å². The highest BCUT2D eigenvalue weighted by Crippen LogP contribution is 2.26. The van der Waals surface area contributed by atoms with Gasteiger partial charge in [-0.25, -0.2) is 18.3 Å². The number of nitrogens with zero attached hydrogens (tertiary/aromatic N) is 3. The van der Waals surface area contributed by atoms with Gasteiger partial charge in [-0.05, 0) is 25.3 Å². The Morgan fingerprint density at radius 2 is 2.04 bits per heavy atom. The van der Waals surface area contributed by atoms with Crippen molar-refractivity contribution in [3.05, 3.63) is 27.7 Å². The third kappa shape index (κ3) is 4.37. The molecule has 1 N–H and O–H groups in total. The highest BCUT2D eigenvalue weighted by molar-refractivity contribution is 5.71. The molecule has 0 aliphatic carbocycles. The van der Waals surface area contributed by atoms with Gasteiger partial charge in [0.2, 0.25) is 0 Å². The molecule has 1 aliphatic heterocycles. The molecule has 2 heterocycles. The van der Waals surface area contributed by atoms with Gasteiger partial charge in [0.05, 0.1) is 18.8 Å². The highest BCUT2D eigenvalue weighted by Gasteiger charge is 2.43. The van der Waals surface area contributed by atoms with Crippen LogP contribution in [0.4, 0.5) is 8.78 Å². The minimum Gasteiger partial charge on any atom is -0.480 e. The van der Waals surface area contributed by atoms with Crippen molar-refractivity contribution in [1.82, 2.24) is 14.7 Å². The second kappa shape index (κ2) is 6.96.